The van der Waals surface area contributed by atoms with E-state index in [2.05, 4.69) is 0 Å². The number of aromatic hydroxyl groups is 2. The number of phenolic OH excluding ortho intramolecular Hbond substituents is 2. The second-order valence-corrected chi connectivity index (χ2v) is 7.15. The summed E-state index contributed by atoms with van der Waals surface area (Å²) < 4.78 is 12.5. The second kappa shape index (κ2) is 5.47. The zero-order chi connectivity index (χ0) is 14.9. The minimum Gasteiger partial charge on any atom is -0.507 e. The summed E-state index contributed by atoms with van der Waals surface area (Å²) in [6.07, 6.45) is 1.00. The van der Waals surface area contributed by atoms with Crippen LogP contribution < -0.4 is 5.30 Å². The van der Waals surface area contributed by atoms with E-state index < -0.39 is 7.37 Å². The molecule has 2 aromatic carbocycles. The highest BCUT2D eigenvalue weighted by molar-refractivity contribution is 7.66. The Labute approximate surface area is 118 Å². The van der Waals surface area contributed by atoms with Gasteiger partial charge in [-0.05, 0) is 12.8 Å². The minimum absolute atomic E-state index is 0.0121. The summed E-state index contributed by atoms with van der Waals surface area (Å²) in [4.78, 5) is 10.2. The average Bonchev–Trinajstić information content (AvgIpc) is 2.42. The fourth-order valence-corrected chi connectivity index (χ4v) is 4.53. The molecule has 0 aliphatic heterocycles. The van der Waals surface area contributed by atoms with E-state index in [1.807, 2.05) is 6.92 Å². The van der Waals surface area contributed by atoms with Gasteiger partial charge in [0.2, 0.25) is 7.37 Å². The molecule has 1 atom stereocenters. The van der Waals surface area contributed by atoms with Crippen molar-refractivity contribution in [2.45, 2.75) is 26.7 Å². The first-order valence-electron chi connectivity index (χ1n) is 6.71. The SMILES string of the molecule is CCCP(=O)(O)c1c(CC)c(O)c2ccccc2c1O. The highest BCUT2D eigenvalue weighted by Crippen LogP contribution is 2.48. The van der Waals surface area contributed by atoms with Crippen molar-refractivity contribution in [2.24, 2.45) is 0 Å². The highest BCUT2D eigenvalue weighted by atomic mass is 31.2. The molecule has 0 bridgehead atoms. The number of hydrogen-bond acceptors (Lipinski definition) is 3. The molecule has 0 heterocycles. The topological polar surface area (TPSA) is 77.8 Å². The lowest BCUT2D eigenvalue weighted by Crippen LogP contribution is -2.14. The largest absolute Gasteiger partial charge is 0.507 e. The lowest BCUT2D eigenvalue weighted by Gasteiger charge is -2.19. The van der Waals surface area contributed by atoms with Gasteiger partial charge < -0.3 is 15.1 Å². The monoisotopic (exact) mass is 294 g/mol. The molecule has 0 aromatic heterocycles. The van der Waals surface area contributed by atoms with Crippen LogP contribution >= 0.6 is 7.37 Å². The molecule has 0 aliphatic rings. The number of phenols is 2. The average molecular weight is 294 g/mol. The first-order valence-corrected chi connectivity index (χ1v) is 8.56. The summed E-state index contributed by atoms with van der Waals surface area (Å²) in [5.74, 6) is -0.198. The highest BCUT2D eigenvalue weighted by Gasteiger charge is 2.30. The molecule has 0 saturated carbocycles. The van der Waals surface area contributed by atoms with E-state index in [4.69, 9.17) is 0 Å². The number of hydrogen-bond donors (Lipinski definition) is 3. The van der Waals surface area contributed by atoms with Crippen LogP contribution in [0.5, 0.6) is 11.5 Å². The maximum atomic E-state index is 12.5. The molecule has 3 N–H and O–H groups in total. The van der Waals surface area contributed by atoms with Gasteiger partial charge in [0.15, 0.2) is 0 Å². The summed E-state index contributed by atoms with van der Waals surface area (Å²) >= 11 is 0. The summed E-state index contributed by atoms with van der Waals surface area (Å²) in [5, 5.41) is 21.7. The van der Waals surface area contributed by atoms with E-state index in [9.17, 15) is 19.7 Å². The fraction of sp³-hybridized carbons (Fsp3) is 0.333. The van der Waals surface area contributed by atoms with E-state index in [-0.39, 0.29) is 23.0 Å². The Morgan fingerprint density at radius 3 is 2.10 bits per heavy atom. The van der Waals surface area contributed by atoms with Crippen molar-refractivity contribution in [1.29, 1.82) is 0 Å². The lowest BCUT2D eigenvalue weighted by atomic mass is 10.0. The maximum absolute atomic E-state index is 12.5. The molecule has 108 valence electrons. The van der Waals surface area contributed by atoms with Crippen LogP contribution in [-0.2, 0) is 11.0 Å². The molecular formula is C15H19O4P. The lowest BCUT2D eigenvalue weighted by molar-refractivity contribution is 0.460. The van der Waals surface area contributed by atoms with Crippen LogP contribution in [0.1, 0.15) is 25.8 Å². The van der Waals surface area contributed by atoms with Crippen molar-refractivity contribution < 1.29 is 19.7 Å². The summed E-state index contributed by atoms with van der Waals surface area (Å²) in [6, 6.07) is 6.80. The van der Waals surface area contributed by atoms with Crippen LogP contribution in [0.3, 0.4) is 0 Å². The van der Waals surface area contributed by atoms with Crippen molar-refractivity contribution in [3.05, 3.63) is 29.8 Å². The van der Waals surface area contributed by atoms with Gasteiger partial charge in [0.05, 0.1) is 5.30 Å². The van der Waals surface area contributed by atoms with Gasteiger partial charge in [0.25, 0.3) is 0 Å². The molecular weight excluding hydrogens is 275 g/mol. The molecule has 0 fully saturated rings. The van der Waals surface area contributed by atoms with Crippen LogP contribution in [-0.4, -0.2) is 21.3 Å². The van der Waals surface area contributed by atoms with Gasteiger partial charge in [-0.2, -0.15) is 0 Å². The van der Waals surface area contributed by atoms with Gasteiger partial charge >= 0.3 is 0 Å². The Kier molecular flexibility index (Phi) is 4.07. The van der Waals surface area contributed by atoms with Crippen LogP contribution in [0.2, 0.25) is 0 Å². The van der Waals surface area contributed by atoms with E-state index in [1.165, 1.54) is 0 Å². The third kappa shape index (κ3) is 2.30. The Morgan fingerprint density at radius 2 is 1.60 bits per heavy atom. The molecule has 20 heavy (non-hydrogen) atoms. The molecule has 0 amide bonds. The van der Waals surface area contributed by atoms with E-state index in [1.54, 1.807) is 31.2 Å². The van der Waals surface area contributed by atoms with E-state index >= 15 is 0 Å². The van der Waals surface area contributed by atoms with Gasteiger partial charge in [0, 0.05) is 22.5 Å². The van der Waals surface area contributed by atoms with E-state index in [0.717, 1.165) is 0 Å². The molecule has 4 nitrogen and oxygen atoms in total. The molecule has 2 aromatic rings. The maximum Gasteiger partial charge on any atom is 0.233 e. The molecule has 0 spiro atoms. The van der Waals surface area contributed by atoms with Crippen molar-refractivity contribution in [2.75, 3.05) is 6.16 Å². The van der Waals surface area contributed by atoms with Gasteiger partial charge in [-0.3, -0.25) is 4.57 Å². The van der Waals surface area contributed by atoms with Gasteiger partial charge in [-0.15, -0.1) is 0 Å². The van der Waals surface area contributed by atoms with Crippen molar-refractivity contribution >= 4 is 23.4 Å². The molecule has 0 aliphatic carbocycles. The summed E-state index contributed by atoms with van der Waals surface area (Å²) in [6.45, 7) is 3.60. The third-order valence-corrected chi connectivity index (χ3v) is 5.70. The number of benzene rings is 2. The molecule has 1 unspecified atom stereocenters. The Balaban J connectivity index is 2.90. The fourth-order valence-electron chi connectivity index (χ4n) is 2.57. The smallest absolute Gasteiger partial charge is 0.233 e. The van der Waals surface area contributed by atoms with Crippen LogP contribution in [0.25, 0.3) is 10.8 Å². The van der Waals surface area contributed by atoms with Gasteiger partial charge in [0.1, 0.15) is 11.5 Å². The number of fused-ring (bicyclic) bond motifs is 1. The Bertz CT molecular complexity index is 694. The Hall–Kier alpha value is -1.51. The van der Waals surface area contributed by atoms with Crippen LogP contribution in [0, 0.1) is 0 Å². The summed E-state index contributed by atoms with van der Waals surface area (Å²) in [7, 11) is -3.68. The minimum atomic E-state index is -3.68. The zero-order valence-electron chi connectivity index (χ0n) is 11.6. The van der Waals surface area contributed by atoms with Gasteiger partial charge in [-0.25, -0.2) is 0 Å². The standard InChI is InChI=1S/C15H19O4P/c1-3-9-20(18,19)15-10(4-2)13(16)11-7-5-6-8-12(11)14(15)17/h5-8,16-17H,3-4,9H2,1-2H3,(H,18,19). The first kappa shape index (κ1) is 14.9. The summed E-state index contributed by atoms with van der Waals surface area (Å²) in [5.41, 5.74) is 0.362. The second-order valence-electron chi connectivity index (χ2n) is 4.85. The third-order valence-electron chi connectivity index (χ3n) is 3.46. The van der Waals surface area contributed by atoms with Crippen molar-refractivity contribution in [3.8, 4) is 11.5 Å². The first-order chi connectivity index (χ1) is 9.44. The van der Waals surface area contributed by atoms with Crippen molar-refractivity contribution in [1.82, 2.24) is 0 Å². The normalized spacial score (nSPS) is 14.3. The Morgan fingerprint density at radius 1 is 1.05 bits per heavy atom. The quantitative estimate of drug-likeness (QED) is 0.598. The van der Waals surface area contributed by atoms with Crippen LogP contribution in [0.15, 0.2) is 24.3 Å². The van der Waals surface area contributed by atoms with Crippen LogP contribution in [0.4, 0.5) is 0 Å². The van der Waals surface area contributed by atoms with E-state index in [0.29, 0.717) is 29.2 Å². The molecule has 0 saturated heterocycles. The number of rotatable bonds is 4. The van der Waals surface area contributed by atoms with Crippen molar-refractivity contribution in [3.63, 3.8) is 0 Å². The predicted octanol–water partition coefficient (Wildman–Crippen LogP) is 3.12. The molecule has 2 rings (SSSR count). The van der Waals surface area contributed by atoms with Gasteiger partial charge in [-0.1, -0.05) is 38.1 Å². The molecule has 0 radical (unpaired) electrons. The zero-order valence-corrected chi connectivity index (χ0v) is 12.5. The predicted molar refractivity (Wildman–Crippen MR) is 81.3 cm³/mol. The molecule has 5 heteroatoms.